The van der Waals surface area contributed by atoms with Gasteiger partial charge in [-0.2, -0.15) is 4.73 Å². The van der Waals surface area contributed by atoms with Crippen molar-refractivity contribution in [2.24, 2.45) is 5.92 Å². The molecule has 0 spiro atoms. The zero-order valence-corrected chi connectivity index (χ0v) is 13.3. The summed E-state index contributed by atoms with van der Waals surface area (Å²) in [7, 11) is 0. The molecule has 0 aromatic carbocycles. The SMILES string of the molecule is CC(C)CC(CNC(=O)c1ccc[n+]([O-])c1)N1CCOCC1. The van der Waals surface area contributed by atoms with E-state index in [-0.39, 0.29) is 5.91 Å². The van der Waals surface area contributed by atoms with Crippen LogP contribution in [0.4, 0.5) is 0 Å². The molecule has 0 aliphatic carbocycles. The molecular formula is C16H25N3O3. The van der Waals surface area contributed by atoms with Crippen LogP contribution in [0.25, 0.3) is 0 Å². The van der Waals surface area contributed by atoms with Crippen LogP contribution in [0.3, 0.4) is 0 Å². The van der Waals surface area contributed by atoms with Gasteiger partial charge in [-0.25, -0.2) is 0 Å². The molecule has 2 heterocycles. The molecule has 6 heteroatoms. The van der Waals surface area contributed by atoms with E-state index in [4.69, 9.17) is 4.74 Å². The second-order valence-electron chi connectivity index (χ2n) is 6.09. The highest BCUT2D eigenvalue weighted by Gasteiger charge is 2.22. The van der Waals surface area contributed by atoms with E-state index >= 15 is 0 Å². The molecule has 0 saturated carbocycles. The lowest BCUT2D eigenvalue weighted by Gasteiger charge is -2.35. The third-order valence-electron chi connectivity index (χ3n) is 3.84. The lowest BCUT2D eigenvalue weighted by molar-refractivity contribution is -0.605. The molecule has 0 bridgehead atoms. The lowest BCUT2D eigenvalue weighted by atomic mass is 10.0. The minimum absolute atomic E-state index is 0.202. The fourth-order valence-electron chi connectivity index (χ4n) is 2.75. The van der Waals surface area contributed by atoms with E-state index in [1.807, 2.05) is 0 Å². The van der Waals surface area contributed by atoms with Crippen molar-refractivity contribution >= 4 is 5.91 Å². The lowest BCUT2D eigenvalue weighted by Crippen LogP contribution is -2.49. The van der Waals surface area contributed by atoms with E-state index in [0.717, 1.165) is 32.7 Å². The van der Waals surface area contributed by atoms with Crippen molar-refractivity contribution in [3.8, 4) is 0 Å². The van der Waals surface area contributed by atoms with Gasteiger partial charge in [-0.1, -0.05) is 13.8 Å². The van der Waals surface area contributed by atoms with Crippen molar-refractivity contribution in [1.82, 2.24) is 10.2 Å². The number of carbonyl (C=O) groups excluding carboxylic acids is 1. The topological polar surface area (TPSA) is 68.5 Å². The van der Waals surface area contributed by atoms with Crippen molar-refractivity contribution in [2.75, 3.05) is 32.8 Å². The van der Waals surface area contributed by atoms with Crippen LogP contribution < -0.4 is 10.0 Å². The fourth-order valence-corrected chi connectivity index (χ4v) is 2.75. The molecule has 1 aliphatic rings. The van der Waals surface area contributed by atoms with Gasteiger partial charge in [0.15, 0.2) is 12.4 Å². The Hall–Kier alpha value is -1.66. The van der Waals surface area contributed by atoms with Crippen LogP contribution in [0, 0.1) is 11.1 Å². The Bertz CT molecular complexity index is 487. The normalized spacial score (nSPS) is 17.4. The summed E-state index contributed by atoms with van der Waals surface area (Å²) in [6.45, 7) is 8.26. The summed E-state index contributed by atoms with van der Waals surface area (Å²) in [6, 6.07) is 3.53. The summed E-state index contributed by atoms with van der Waals surface area (Å²) < 4.78 is 6.04. The molecule has 1 aromatic rings. The maximum atomic E-state index is 12.2. The standard InChI is InChI=1S/C16H25N3O3/c1-13(2)10-15(18-6-8-22-9-7-18)11-17-16(20)14-4-3-5-19(21)12-14/h3-5,12-13,15H,6-11H2,1-2H3,(H,17,20). The van der Waals surface area contributed by atoms with Gasteiger partial charge in [-0.05, 0) is 18.4 Å². The maximum Gasteiger partial charge on any atom is 0.257 e. The summed E-state index contributed by atoms with van der Waals surface area (Å²) in [4.78, 5) is 14.5. The number of ether oxygens (including phenoxy) is 1. The minimum atomic E-state index is -0.202. The van der Waals surface area contributed by atoms with Crippen LogP contribution in [-0.4, -0.2) is 49.7 Å². The van der Waals surface area contributed by atoms with E-state index in [0.29, 0.717) is 28.8 Å². The van der Waals surface area contributed by atoms with Crippen molar-refractivity contribution in [1.29, 1.82) is 0 Å². The summed E-state index contributed by atoms with van der Waals surface area (Å²) >= 11 is 0. The Morgan fingerprint density at radius 2 is 2.18 bits per heavy atom. The van der Waals surface area contributed by atoms with Crippen LogP contribution in [0.2, 0.25) is 0 Å². The highest BCUT2D eigenvalue weighted by atomic mass is 16.5. The molecule has 1 fully saturated rings. The molecule has 6 nitrogen and oxygen atoms in total. The summed E-state index contributed by atoms with van der Waals surface area (Å²) in [6.07, 6.45) is 3.68. The van der Waals surface area contributed by atoms with Crippen LogP contribution >= 0.6 is 0 Å². The van der Waals surface area contributed by atoms with Crippen LogP contribution in [-0.2, 0) is 4.74 Å². The number of carbonyl (C=O) groups is 1. The van der Waals surface area contributed by atoms with Crippen LogP contribution in [0.15, 0.2) is 24.5 Å². The minimum Gasteiger partial charge on any atom is -0.619 e. The molecule has 1 amide bonds. The molecule has 1 atom stereocenters. The van der Waals surface area contributed by atoms with Crippen molar-refractivity contribution in [3.63, 3.8) is 0 Å². The number of hydrogen-bond donors (Lipinski definition) is 1. The second kappa shape index (κ2) is 8.10. The largest absolute Gasteiger partial charge is 0.619 e. The van der Waals surface area contributed by atoms with Crippen molar-refractivity contribution < 1.29 is 14.3 Å². The number of rotatable bonds is 6. The maximum absolute atomic E-state index is 12.2. The Morgan fingerprint density at radius 3 is 2.82 bits per heavy atom. The fraction of sp³-hybridized carbons (Fsp3) is 0.625. The first-order chi connectivity index (χ1) is 10.6. The molecule has 1 N–H and O–H groups in total. The van der Waals surface area contributed by atoms with E-state index in [1.165, 1.54) is 12.4 Å². The Labute approximate surface area is 131 Å². The van der Waals surface area contributed by atoms with Crippen molar-refractivity contribution in [2.45, 2.75) is 26.3 Å². The van der Waals surface area contributed by atoms with Gasteiger partial charge >= 0.3 is 0 Å². The molecular weight excluding hydrogens is 282 g/mol. The number of amides is 1. The zero-order valence-electron chi connectivity index (χ0n) is 13.3. The third kappa shape index (κ3) is 4.96. The average molecular weight is 307 g/mol. The highest BCUT2D eigenvalue weighted by Crippen LogP contribution is 2.13. The van der Waals surface area contributed by atoms with Crippen molar-refractivity contribution in [3.05, 3.63) is 35.3 Å². The number of pyridine rings is 1. The second-order valence-corrected chi connectivity index (χ2v) is 6.09. The first-order valence-electron chi connectivity index (χ1n) is 7.85. The van der Waals surface area contributed by atoms with Gasteiger partial charge in [-0.15, -0.1) is 0 Å². The molecule has 1 aromatic heterocycles. The first-order valence-corrected chi connectivity index (χ1v) is 7.85. The molecule has 122 valence electrons. The van der Waals surface area contributed by atoms with E-state index < -0.39 is 0 Å². The van der Waals surface area contributed by atoms with Gasteiger partial charge in [0.25, 0.3) is 5.91 Å². The van der Waals surface area contributed by atoms with E-state index in [1.54, 1.807) is 12.1 Å². The Morgan fingerprint density at radius 1 is 1.45 bits per heavy atom. The number of aromatic nitrogens is 1. The number of hydrogen-bond acceptors (Lipinski definition) is 4. The molecule has 22 heavy (non-hydrogen) atoms. The summed E-state index contributed by atoms with van der Waals surface area (Å²) in [5.41, 5.74) is 0.391. The predicted molar refractivity (Wildman–Crippen MR) is 83.4 cm³/mol. The Kier molecular flexibility index (Phi) is 6.15. The van der Waals surface area contributed by atoms with Gasteiger partial charge < -0.3 is 15.3 Å². The number of nitrogens with zero attached hydrogens (tertiary/aromatic N) is 2. The quantitative estimate of drug-likeness (QED) is 0.623. The highest BCUT2D eigenvalue weighted by molar-refractivity contribution is 5.93. The van der Waals surface area contributed by atoms with Crippen LogP contribution in [0.5, 0.6) is 0 Å². The third-order valence-corrected chi connectivity index (χ3v) is 3.84. The number of morpholine rings is 1. The number of nitrogens with one attached hydrogen (secondary N) is 1. The molecule has 1 saturated heterocycles. The average Bonchev–Trinajstić information content (AvgIpc) is 2.51. The zero-order chi connectivity index (χ0) is 15.9. The molecule has 0 radical (unpaired) electrons. The molecule has 1 aliphatic heterocycles. The monoisotopic (exact) mass is 307 g/mol. The van der Waals surface area contributed by atoms with Gasteiger partial charge in [0, 0.05) is 31.7 Å². The van der Waals surface area contributed by atoms with E-state index in [2.05, 4.69) is 24.1 Å². The summed E-state index contributed by atoms with van der Waals surface area (Å²) in [5.74, 6) is 0.359. The van der Waals surface area contributed by atoms with Gasteiger partial charge in [-0.3, -0.25) is 9.69 Å². The molecule has 2 rings (SSSR count). The Balaban J connectivity index is 1.93. The van der Waals surface area contributed by atoms with Gasteiger partial charge in [0.05, 0.1) is 13.2 Å². The van der Waals surface area contributed by atoms with Gasteiger partial charge in [0.1, 0.15) is 5.56 Å². The van der Waals surface area contributed by atoms with Gasteiger partial charge in [0.2, 0.25) is 0 Å². The van der Waals surface area contributed by atoms with E-state index in [9.17, 15) is 10.0 Å². The summed E-state index contributed by atoms with van der Waals surface area (Å²) in [5, 5.41) is 14.2. The molecule has 1 unspecified atom stereocenters. The predicted octanol–water partition coefficient (Wildman–Crippen LogP) is 0.797. The van der Waals surface area contributed by atoms with Crippen LogP contribution in [0.1, 0.15) is 30.6 Å². The first kappa shape index (κ1) is 16.7. The smallest absolute Gasteiger partial charge is 0.257 e.